The van der Waals surface area contributed by atoms with Crippen LogP contribution in [0.4, 0.5) is 8.78 Å². The average Bonchev–Trinajstić information content (AvgIpc) is 2.75. The molecule has 102 valence electrons. The molecule has 0 amide bonds. The Hall–Kier alpha value is -1.30. The van der Waals surface area contributed by atoms with Crippen molar-refractivity contribution in [2.24, 2.45) is 0 Å². The summed E-state index contributed by atoms with van der Waals surface area (Å²) < 4.78 is 26.2. The predicted molar refractivity (Wildman–Crippen MR) is 72.1 cm³/mol. The fourth-order valence-corrected chi connectivity index (χ4v) is 2.65. The number of aliphatic hydroxyl groups excluding tert-OH is 1. The second kappa shape index (κ2) is 6.23. The molecule has 0 radical (unpaired) electrons. The lowest BCUT2D eigenvalue weighted by atomic mass is 10.1. The van der Waals surface area contributed by atoms with Crippen molar-refractivity contribution in [3.63, 3.8) is 0 Å². The summed E-state index contributed by atoms with van der Waals surface area (Å²) >= 11 is 1.67. The first kappa shape index (κ1) is 14.1. The highest BCUT2D eigenvalue weighted by Gasteiger charge is 2.13. The topological polar surface area (TPSA) is 32.3 Å². The first-order valence-corrected chi connectivity index (χ1v) is 6.77. The molecule has 0 saturated heterocycles. The van der Waals surface area contributed by atoms with Crippen LogP contribution in [0.1, 0.15) is 21.4 Å². The van der Waals surface area contributed by atoms with E-state index < -0.39 is 17.7 Å². The molecule has 1 unspecified atom stereocenters. The van der Waals surface area contributed by atoms with Crippen molar-refractivity contribution in [1.29, 1.82) is 0 Å². The fraction of sp³-hybridized carbons (Fsp3) is 0.286. The van der Waals surface area contributed by atoms with E-state index in [9.17, 15) is 13.9 Å². The minimum absolute atomic E-state index is 0.108. The summed E-state index contributed by atoms with van der Waals surface area (Å²) in [6, 6.07) is 7.23. The SMILES string of the molecule is Cc1ccc(CNCC(O)c2ccc(F)cc2F)s1. The monoisotopic (exact) mass is 283 g/mol. The summed E-state index contributed by atoms with van der Waals surface area (Å²) in [5.41, 5.74) is 0.108. The Morgan fingerprint density at radius 1 is 1.26 bits per heavy atom. The van der Waals surface area contributed by atoms with Crippen molar-refractivity contribution in [2.75, 3.05) is 6.54 Å². The van der Waals surface area contributed by atoms with Gasteiger partial charge >= 0.3 is 0 Å². The van der Waals surface area contributed by atoms with Gasteiger partial charge < -0.3 is 10.4 Å². The van der Waals surface area contributed by atoms with Crippen LogP contribution in [-0.2, 0) is 6.54 Å². The van der Waals surface area contributed by atoms with Crippen LogP contribution in [0.15, 0.2) is 30.3 Å². The Balaban J connectivity index is 1.88. The molecule has 1 aromatic carbocycles. The highest BCUT2D eigenvalue weighted by molar-refractivity contribution is 7.11. The van der Waals surface area contributed by atoms with Crippen LogP contribution in [0.5, 0.6) is 0 Å². The minimum atomic E-state index is -0.985. The third-order valence-corrected chi connectivity index (χ3v) is 3.76. The Morgan fingerprint density at radius 2 is 2.05 bits per heavy atom. The van der Waals surface area contributed by atoms with Crippen molar-refractivity contribution in [2.45, 2.75) is 19.6 Å². The number of rotatable bonds is 5. The maximum absolute atomic E-state index is 13.4. The van der Waals surface area contributed by atoms with E-state index in [1.54, 1.807) is 11.3 Å². The molecule has 0 aliphatic carbocycles. The number of halogens is 2. The molecule has 1 aromatic heterocycles. The Bertz CT molecular complexity index is 556. The van der Waals surface area contributed by atoms with E-state index >= 15 is 0 Å². The molecule has 0 fully saturated rings. The molecule has 1 heterocycles. The van der Waals surface area contributed by atoms with Crippen LogP contribution in [0.25, 0.3) is 0 Å². The van der Waals surface area contributed by atoms with Crippen LogP contribution < -0.4 is 5.32 Å². The Morgan fingerprint density at radius 3 is 2.68 bits per heavy atom. The molecule has 0 aliphatic rings. The molecule has 2 rings (SSSR count). The molecule has 2 aromatic rings. The summed E-state index contributed by atoms with van der Waals surface area (Å²) in [4.78, 5) is 2.38. The zero-order valence-corrected chi connectivity index (χ0v) is 11.3. The van der Waals surface area contributed by atoms with Crippen molar-refractivity contribution in [3.05, 3.63) is 57.3 Å². The lowest BCUT2D eigenvalue weighted by molar-refractivity contribution is 0.169. The van der Waals surface area contributed by atoms with Gasteiger partial charge in [-0.25, -0.2) is 8.78 Å². The lowest BCUT2D eigenvalue weighted by Gasteiger charge is -2.12. The third kappa shape index (κ3) is 3.83. The van der Waals surface area contributed by atoms with Gasteiger partial charge in [-0.05, 0) is 25.1 Å². The molecular formula is C14H15F2NOS. The highest BCUT2D eigenvalue weighted by Crippen LogP contribution is 2.18. The fourth-order valence-electron chi connectivity index (χ4n) is 1.79. The van der Waals surface area contributed by atoms with Crippen LogP contribution >= 0.6 is 11.3 Å². The quantitative estimate of drug-likeness (QED) is 0.883. The Kier molecular flexibility index (Phi) is 4.63. The largest absolute Gasteiger partial charge is 0.387 e. The van der Waals surface area contributed by atoms with Gasteiger partial charge in [-0.15, -0.1) is 11.3 Å². The smallest absolute Gasteiger partial charge is 0.131 e. The molecule has 0 saturated carbocycles. The highest BCUT2D eigenvalue weighted by atomic mass is 32.1. The molecule has 19 heavy (non-hydrogen) atoms. The molecule has 2 nitrogen and oxygen atoms in total. The summed E-state index contributed by atoms with van der Waals surface area (Å²) in [6.07, 6.45) is -0.985. The maximum atomic E-state index is 13.4. The number of hydrogen-bond acceptors (Lipinski definition) is 3. The van der Waals surface area contributed by atoms with Gasteiger partial charge in [0.1, 0.15) is 11.6 Å². The van der Waals surface area contributed by atoms with Crippen molar-refractivity contribution >= 4 is 11.3 Å². The standard InChI is InChI=1S/C14H15F2NOS/c1-9-2-4-11(19-9)7-17-8-14(18)12-5-3-10(15)6-13(12)16/h2-6,14,17-18H,7-8H2,1H3. The zero-order valence-electron chi connectivity index (χ0n) is 10.5. The number of aliphatic hydroxyl groups is 1. The van der Waals surface area contributed by atoms with Gasteiger partial charge in [0.05, 0.1) is 6.10 Å². The predicted octanol–water partition coefficient (Wildman–Crippen LogP) is 3.16. The molecule has 2 N–H and O–H groups in total. The maximum Gasteiger partial charge on any atom is 0.131 e. The van der Waals surface area contributed by atoms with E-state index in [0.717, 1.165) is 17.0 Å². The van der Waals surface area contributed by atoms with Gasteiger partial charge in [-0.2, -0.15) is 0 Å². The average molecular weight is 283 g/mol. The van der Waals surface area contributed by atoms with Crippen molar-refractivity contribution in [1.82, 2.24) is 5.32 Å². The molecule has 5 heteroatoms. The number of aryl methyl sites for hydroxylation is 1. The van der Waals surface area contributed by atoms with Gasteiger partial charge in [-0.1, -0.05) is 6.07 Å². The lowest BCUT2D eigenvalue weighted by Crippen LogP contribution is -2.21. The van der Waals surface area contributed by atoms with E-state index in [0.29, 0.717) is 6.54 Å². The Labute approximate surface area is 114 Å². The van der Waals surface area contributed by atoms with E-state index in [2.05, 4.69) is 5.32 Å². The number of benzene rings is 1. The number of nitrogens with one attached hydrogen (secondary N) is 1. The summed E-state index contributed by atoms with van der Waals surface area (Å²) in [5.74, 6) is -1.36. The van der Waals surface area contributed by atoms with Gasteiger partial charge in [0, 0.05) is 34.5 Å². The molecule has 0 bridgehead atoms. The number of thiophene rings is 1. The van der Waals surface area contributed by atoms with Gasteiger partial charge in [0.2, 0.25) is 0 Å². The molecule has 1 atom stereocenters. The first-order chi connectivity index (χ1) is 9.06. The normalized spacial score (nSPS) is 12.6. The second-order valence-electron chi connectivity index (χ2n) is 4.32. The zero-order chi connectivity index (χ0) is 13.8. The van der Waals surface area contributed by atoms with Crippen LogP contribution in [0.2, 0.25) is 0 Å². The van der Waals surface area contributed by atoms with Crippen LogP contribution in [0, 0.1) is 18.6 Å². The van der Waals surface area contributed by atoms with E-state index in [1.807, 2.05) is 19.1 Å². The summed E-state index contributed by atoms with van der Waals surface area (Å²) in [7, 11) is 0. The van der Waals surface area contributed by atoms with E-state index in [4.69, 9.17) is 0 Å². The second-order valence-corrected chi connectivity index (χ2v) is 5.70. The number of hydrogen-bond donors (Lipinski definition) is 2. The van der Waals surface area contributed by atoms with Gasteiger partial charge in [0.25, 0.3) is 0 Å². The van der Waals surface area contributed by atoms with Gasteiger partial charge in [-0.3, -0.25) is 0 Å². The first-order valence-electron chi connectivity index (χ1n) is 5.95. The third-order valence-electron chi connectivity index (χ3n) is 2.75. The van der Waals surface area contributed by atoms with Crippen molar-refractivity contribution in [3.8, 4) is 0 Å². The van der Waals surface area contributed by atoms with Crippen LogP contribution in [0.3, 0.4) is 0 Å². The molecule has 0 spiro atoms. The summed E-state index contributed by atoms with van der Waals surface area (Å²) in [5, 5.41) is 12.9. The molecule has 0 aliphatic heterocycles. The van der Waals surface area contributed by atoms with E-state index in [1.165, 1.54) is 10.9 Å². The minimum Gasteiger partial charge on any atom is -0.387 e. The van der Waals surface area contributed by atoms with Gasteiger partial charge in [0.15, 0.2) is 0 Å². The molecular weight excluding hydrogens is 268 g/mol. The van der Waals surface area contributed by atoms with Crippen molar-refractivity contribution < 1.29 is 13.9 Å². The van der Waals surface area contributed by atoms with Crippen LogP contribution in [-0.4, -0.2) is 11.7 Å². The summed E-state index contributed by atoms with van der Waals surface area (Å²) in [6.45, 7) is 2.87. The van der Waals surface area contributed by atoms with E-state index in [-0.39, 0.29) is 12.1 Å².